The Balaban J connectivity index is 1.72. The Hall–Kier alpha value is -1.09. The van der Waals surface area contributed by atoms with Crippen molar-refractivity contribution in [1.82, 2.24) is 0 Å². The molecular weight excluding hydrogens is 472 g/mol. The summed E-state index contributed by atoms with van der Waals surface area (Å²) in [5.74, 6) is -1.21. The Morgan fingerprint density at radius 1 is 0.588 bits per heavy atom. The van der Waals surface area contributed by atoms with E-state index in [0.717, 1.165) is 0 Å². The minimum atomic E-state index is -2.02. The molecule has 3 rings (SSSR count). The summed E-state index contributed by atoms with van der Waals surface area (Å²) in [5, 5.41) is 99.2. The SMILES string of the molecule is O=C1OC(CO)[C@@H](O[C@H]2OC(CO)[C@@H](O[C@H]3OC(CO)[C@@H](O)[C@H](O)C3O)[C@H](O)C2O)[C@H](O)C1O. The van der Waals surface area contributed by atoms with Crippen LogP contribution >= 0.6 is 0 Å². The van der Waals surface area contributed by atoms with Gasteiger partial charge in [0.1, 0.15) is 61.0 Å². The molecule has 0 bridgehead atoms. The lowest BCUT2D eigenvalue weighted by atomic mass is 9.96. The largest absolute Gasteiger partial charge is 0.455 e. The highest BCUT2D eigenvalue weighted by Gasteiger charge is 2.53. The van der Waals surface area contributed by atoms with E-state index in [1.807, 2.05) is 0 Å². The van der Waals surface area contributed by atoms with Crippen LogP contribution in [0.2, 0.25) is 0 Å². The van der Waals surface area contributed by atoms with Gasteiger partial charge in [0.05, 0.1) is 19.8 Å². The normalized spacial score (nSPS) is 50.1. The fourth-order valence-electron chi connectivity index (χ4n) is 3.96. The minimum absolute atomic E-state index is 0.747. The van der Waals surface area contributed by atoms with Gasteiger partial charge in [-0.05, 0) is 0 Å². The predicted octanol–water partition coefficient (Wildman–Crippen LogP) is -7.36. The highest BCUT2D eigenvalue weighted by Crippen LogP contribution is 2.31. The lowest BCUT2D eigenvalue weighted by Crippen LogP contribution is -2.66. The van der Waals surface area contributed by atoms with Gasteiger partial charge in [0.2, 0.25) is 0 Å². The molecule has 0 amide bonds. The van der Waals surface area contributed by atoms with Crippen molar-refractivity contribution in [3.63, 3.8) is 0 Å². The molecule has 3 aliphatic rings. The molecule has 0 aromatic heterocycles. The zero-order valence-corrected chi connectivity index (χ0v) is 17.6. The standard InChI is InChI=1S/C18H30O16/c19-1-4-7(22)8(23)12(27)17(31-4)34-15-6(3-21)32-18(13(28)10(15)25)33-14-5(2-20)30-16(29)11(26)9(14)24/h4-15,17-28H,1-3H2/t4?,5?,6?,7-,8+,9-,10-,11?,12?,13?,14-,15-,17-,18-/m1/s1. The molecule has 0 radical (unpaired) electrons. The number of hydrogen-bond donors (Lipinski definition) is 10. The predicted molar refractivity (Wildman–Crippen MR) is 100 cm³/mol. The summed E-state index contributed by atoms with van der Waals surface area (Å²) in [4.78, 5) is 11.5. The molecule has 198 valence electrons. The van der Waals surface area contributed by atoms with Gasteiger partial charge in [0.15, 0.2) is 24.8 Å². The number of hydrogen-bond acceptors (Lipinski definition) is 16. The lowest BCUT2D eigenvalue weighted by Gasteiger charge is -2.47. The van der Waals surface area contributed by atoms with Crippen molar-refractivity contribution in [2.75, 3.05) is 19.8 Å². The molecular formula is C18H30O16. The number of cyclic esters (lactones) is 1. The van der Waals surface area contributed by atoms with Crippen molar-refractivity contribution >= 4 is 5.97 Å². The number of aliphatic hydroxyl groups is 10. The summed E-state index contributed by atoms with van der Waals surface area (Å²) in [6, 6.07) is 0. The second-order valence-electron chi connectivity index (χ2n) is 8.20. The molecule has 0 saturated carbocycles. The summed E-state index contributed by atoms with van der Waals surface area (Å²) in [5.41, 5.74) is 0. The number of ether oxygens (including phenoxy) is 5. The monoisotopic (exact) mass is 502 g/mol. The summed E-state index contributed by atoms with van der Waals surface area (Å²) in [6.07, 6.45) is -23.9. The minimum Gasteiger partial charge on any atom is -0.455 e. The number of carbonyl (C=O) groups is 1. The maximum Gasteiger partial charge on any atom is 0.338 e. The zero-order chi connectivity index (χ0) is 25.3. The number of esters is 1. The van der Waals surface area contributed by atoms with E-state index >= 15 is 0 Å². The molecule has 3 saturated heterocycles. The fraction of sp³-hybridized carbons (Fsp3) is 0.944. The summed E-state index contributed by atoms with van der Waals surface area (Å²) in [7, 11) is 0. The maximum atomic E-state index is 11.5. The van der Waals surface area contributed by atoms with Crippen molar-refractivity contribution in [1.29, 1.82) is 0 Å². The van der Waals surface area contributed by atoms with Gasteiger partial charge in [-0.2, -0.15) is 0 Å². The third kappa shape index (κ3) is 5.20. The Morgan fingerprint density at radius 2 is 1.06 bits per heavy atom. The van der Waals surface area contributed by atoms with Crippen LogP contribution in [0.3, 0.4) is 0 Å². The molecule has 14 atom stereocenters. The number of carbonyl (C=O) groups excluding carboxylic acids is 1. The van der Waals surface area contributed by atoms with Crippen molar-refractivity contribution in [2.45, 2.75) is 85.8 Å². The third-order valence-corrected chi connectivity index (χ3v) is 5.97. The first-order valence-corrected chi connectivity index (χ1v) is 10.5. The van der Waals surface area contributed by atoms with Crippen LogP contribution in [0.4, 0.5) is 0 Å². The quantitative estimate of drug-likeness (QED) is 0.145. The van der Waals surface area contributed by atoms with Crippen LogP contribution in [-0.4, -0.2) is 163 Å². The summed E-state index contributed by atoms with van der Waals surface area (Å²) < 4.78 is 26.1. The van der Waals surface area contributed by atoms with Gasteiger partial charge >= 0.3 is 5.97 Å². The fourth-order valence-corrected chi connectivity index (χ4v) is 3.96. The van der Waals surface area contributed by atoms with E-state index in [1.54, 1.807) is 0 Å². The van der Waals surface area contributed by atoms with Gasteiger partial charge < -0.3 is 74.7 Å². The third-order valence-electron chi connectivity index (χ3n) is 5.97. The van der Waals surface area contributed by atoms with Crippen LogP contribution < -0.4 is 0 Å². The van der Waals surface area contributed by atoms with Gasteiger partial charge in [-0.25, -0.2) is 4.79 Å². The van der Waals surface area contributed by atoms with E-state index in [2.05, 4.69) is 0 Å². The first kappa shape index (κ1) is 27.5. The van der Waals surface area contributed by atoms with Crippen molar-refractivity contribution in [3.8, 4) is 0 Å². The van der Waals surface area contributed by atoms with Crippen LogP contribution in [0, 0.1) is 0 Å². The first-order valence-electron chi connectivity index (χ1n) is 10.5. The molecule has 3 aliphatic heterocycles. The number of aliphatic hydroxyl groups excluding tert-OH is 10. The molecule has 0 aliphatic carbocycles. The summed E-state index contributed by atoms with van der Waals surface area (Å²) in [6.45, 7) is -2.40. The van der Waals surface area contributed by atoms with Crippen molar-refractivity contribution < 1.29 is 79.5 Å². The highest BCUT2D eigenvalue weighted by molar-refractivity contribution is 5.76. The topological polar surface area (TPSA) is 266 Å². The molecule has 0 aromatic carbocycles. The smallest absolute Gasteiger partial charge is 0.338 e. The van der Waals surface area contributed by atoms with E-state index in [0.29, 0.717) is 0 Å². The van der Waals surface area contributed by atoms with Gasteiger partial charge in [-0.15, -0.1) is 0 Å². The average molecular weight is 502 g/mol. The van der Waals surface area contributed by atoms with E-state index in [-0.39, 0.29) is 0 Å². The Labute approximate surface area is 192 Å². The van der Waals surface area contributed by atoms with Crippen molar-refractivity contribution in [2.24, 2.45) is 0 Å². The number of rotatable bonds is 7. The molecule has 16 heteroatoms. The van der Waals surface area contributed by atoms with Crippen LogP contribution in [0.15, 0.2) is 0 Å². The van der Waals surface area contributed by atoms with Gasteiger partial charge in [-0.1, -0.05) is 0 Å². The Morgan fingerprint density at radius 3 is 1.59 bits per heavy atom. The van der Waals surface area contributed by atoms with Crippen LogP contribution in [0.1, 0.15) is 0 Å². The van der Waals surface area contributed by atoms with E-state index in [9.17, 15) is 55.9 Å². The van der Waals surface area contributed by atoms with Gasteiger partial charge in [0.25, 0.3) is 0 Å². The second-order valence-corrected chi connectivity index (χ2v) is 8.20. The average Bonchev–Trinajstić information content (AvgIpc) is 2.83. The molecule has 0 spiro atoms. The van der Waals surface area contributed by atoms with E-state index < -0.39 is 112 Å². The molecule has 3 heterocycles. The zero-order valence-electron chi connectivity index (χ0n) is 17.6. The van der Waals surface area contributed by atoms with Crippen molar-refractivity contribution in [3.05, 3.63) is 0 Å². The second kappa shape index (κ2) is 11.3. The molecule has 34 heavy (non-hydrogen) atoms. The molecule has 6 unspecified atom stereocenters. The van der Waals surface area contributed by atoms with E-state index in [1.165, 1.54) is 0 Å². The molecule has 16 nitrogen and oxygen atoms in total. The van der Waals surface area contributed by atoms with Crippen LogP contribution in [0.5, 0.6) is 0 Å². The lowest BCUT2D eigenvalue weighted by molar-refractivity contribution is -0.369. The van der Waals surface area contributed by atoms with Gasteiger partial charge in [-0.3, -0.25) is 0 Å². The summed E-state index contributed by atoms with van der Waals surface area (Å²) >= 11 is 0. The first-order chi connectivity index (χ1) is 16.0. The van der Waals surface area contributed by atoms with Crippen LogP contribution in [-0.2, 0) is 28.5 Å². The van der Waals surface area contributed by atoms with Crippen LogP contribution in [0.25, 0.3) is 0 Å². The highest BCUT2D eigenvalue weighted by atomic mass is 16.7. The Kier molecular flexibility index (Phi) is 9.15. The Bertz CT molecular complexity index is 674. The van der Waals surface area contributed by atoms with Gasteiger partial charge in [0, 0.05) is 0 Å². The molecule has 10 N–H and O–H groups in total. The maximum absolute atomic E-state index is 11.5. The van der Waals surface area contributed by atoms with E-state index in [4.69, 9.17) is 23.7 Å². The molecule has 3 fully saturated rings. The molecule has 0 aromatic rings.